The fourth-order valence-corrected chi connectivity index (χ4v) is 7.08. The Morgan fingerprint density at radius 2 is 1.72 bits per heavy atom. The molecule has 2 aliphatic rings. The first-order valence-electron chi connectivity index (χ1n) is 17.1. The number of benzene rings is 2. The van der Waals surface area contributed by atoms with Crippen molar-refractivity contribution >= 4 is 36.2 Å². The first-order chi connectivity index (χ1) is 25.0. The van der Waals surface area contributed by atoms with E-state index in [0.717, 1.165) is 45.7 Å². The molecule has 3 unspecified atom stereocenters. The van der Waals surface area contributed by atoms with Gasteiger partial charge in [-0.25, -0.2) is 18.2 Å². The third-order valence-electron chi connectivity index (χ3n) is 9.84. The van der Waals surface area contributed by atoms with Crippen molar-refractivity contribution in [2.75, 3.05) is 20.1 Å². The zero-order valence-electron chi connectivity index (χ0n) is 30.3. The SMILES string of the molecule is CNS.C\C=C(/C=C\C(=C\F)NC(=O)C1CC(N2CCCC(F)(F)C2)CC(c2ccc(-c3ccc4c(c3)nc(C)n4C)cc2)[C@H]1C)C(F)(F)F.O=CO. The van der Waals surface area contributed by atoms with Crippen molar-refractivity contribution in [1.29, 1.82) is 0 Å². The van der Waals surface area contributed by atoms with Gasteiger partial charge >= 0.3 is 6.18 Å². The van der Waals surface area contributed by atoms with Crippen molar-refractivity contribution in [2.24, 2.45) is 18.9 Å². The number of rotatable bonds is 7. The molecule has 2 fully saturated rings. The van der Waals surface area contributed by atoms with Gasteiger partial charge in [0, 0.05) is 25.4 Å². The van der Waals surface area contributed by atoms with Gasteiger partial charge in [-0.2, -0.15) is 13.2 Å². The number of alkyl halides is 5. The van der Waals surface area contributed by atoms with Gasteiger partial charge in [-0.3, -0.25) is 19.2 Å². The molecule has 0 bridgehead atoms. The van der Waals surface area contributed by atoms with E-state index in [9.17, 15) is 31.1 Å². The molecule has 1 aliphatic heterocycles. The van der Waals surface area contributed by atoms with Crippen LogP contribution in [0, 0.1) is 18.8 Å². The van der Waals surface area contributed by atoms with Crippen LogP contribution >= 0.6 is 12.8 Å². The largest absolute Gasteiger partial charge is 0.483 e. The number of hydrogen-bond donors (Lipinski definition) is 4. The summed E-state index contributed by atoms with van der Waals surface area (Å²) in [6, 6.07) is 13.8. The second kappa shape index (κ2) is 19.3. The molecule has 2 heterocycles. The standard InChI is InChI=1S/C36H40F6N4O.CH5NS.CH2O2/c1-5-27(36(40,41)42)12-13-28(20-37)44-34(47)31-19-29(46-16-6-15-35(38,39)21-46)18-30(22(31)2)25-9-7-24(8-10-25)26-11-14-33-32(17-26)43-23(3)45(33)4;1-2-3;2-1-3/h5,7-14,17,20,22,29-31H,6,15-16,18-19,21H2,1-4H3,(H,44,47);2-3H,1H3;1H,(H,2,3)/b13-12-,27-5+,28-20-;;/t22-,29?,30?,31?;;/m1../s1. The maximum absolute atomic E-state index is 14.5. The summed E-state index contributed by atoms with van der Waals surface area (Å²) in [5, 5.41) is 9.34. The van der Waals surface area contributed by atoms with Crippen molar-refractivity contribution in [3.8, 4) is 11.1 Å². The number of halogens is 6. The molecular formula is C38H47F6N5O3S. The highest BCUT2D eigenvalue weighted by Gasteiger charge is 2.45. The van der Waals surface area contributed by atoms with Crippen LogP contribution in [0.15, 0.2) is 78.3 Å². The number of allylic oxidation sites excluding steroid dienone is 4. The Labute approximate surface area is 311 Å². The van der Waals surface area contributed by atoms with Gasteiger partial charge in [0.1, 0.15) is 12.2 Å². The van der Waals surface area contributed by atoms with Gasteiger partial charge in [0.25, 0.3) is 12.4 Å². The molecule has 8 nitrogen and oxygen atoms in total. The van der Waals surface area contributed by atoms with Crippen LogP contribution in [-0.4, -0.2) is 70.2 Å². The molecule has 0 radical (unpaired) electrons. The van der Waals surface area contributed by atoms with Crippen LogP contribution in [0.1, 0.15) is 56.8 Å². The van der Waals surface area contributed by atoms with Crippen LogP contribution in [0.3, 0.4) is 0 Å². The molecule has 1 saturated heterocycles. The minimum Gasteiger partial charge on any atom is -0.483 e. The molecule has 1 aromatic heterocycles. The normalized spacial score (nSPS) is 22.4. The van der Waals surface area contributed by atoms with Crippen LogP contribution in [-0.2, 0) is 16.6 Å². The smallest absolute Gasteiger partial charge is 0.416 e. The lowest BCUT2D eigenvalue weighted by Gasteiger charge is -2.46. The molecule has 2 aromatic carbocycles. The van der Waals surface area contributed by atoms with E-state index in [1.165, 1.54) is 6.92 Å². The highest BCUT2D eigenvalue weighted by atomic mass is 32.1. The van der Waals surface area contributed by atoms with Gasteiger partial charge in [-0.05, 0) is 99.5 Å². The molecule has 1 saturated carbocycles. The molecule has 3 aromatic rings. The summed E-state index contributed by atoms with van der Waals surface area (Å²) >= 11 is 3.54. The van der Waals surface area contributed by atoms with Crippen LogP contribution in [0.5, 0.6) is 0 Å². The topological polar surface area (TPSA) is 99.5 Å². The molecule has 290 valence electrons. The molecular weight excluding hydrogens is 721 g/mol. The number of fused-ring (bicyclic) bond motifs is 1. The van der Waals surface area contributed by atoms with E-state index < -0.39 is 41.7 Å². The highest BCUT2D eigenvalue weighted by molar-refractivity contribution is 7.78. The predicted molar refractivity (Wildman–Crippen MR) is 198 cm³/mol. The number of aryl methyl sites for hydroxylation is 2. The van der Waals surface area contributed by atoms with Gasteiger partial charge in [-0.15, -0.1) is 0 Å². The Balaban J connectivity index is 0.00000118. The monoisotopic (exact) mass is 767 g/mol. The molecule has 5 rings (SSSR count). The second-order valence-corrected chi connectivity index (χ2v) is 13.6. The summed E-state index contributed by atoms with van der Waals surface area (Å²) in [4.78, 5) is 28.4. The zero-order valence-corrected chi connectivity index (χ0v) is 31.2. The summed E-state index contributed by atoms with van der Waals surface area (Å²) < 4.78 is 86.8. The van der Waals surface area contributed by atoms with Crippen LogP contribution in [0.4, 0.5) is 26.3 Å². The predicted octanol–water partition coefficient (Wildman–Crippen LogP) is 8.52. The average Bonchev–Trinajstić information content (AvgIpc) is 3.39. The number of thiol groups is 1. The number of imidazole rings is 1. The van der Waals surface area contributed by atoms with Crippen molar-refractivity contribution in [3.05, 3.63) is 89.7 Å². The molecule has 4 atom stereocenters. The molecule has 15 heteroatoms. The maximum atomic E-state index is 14.5. The average molecular weight is 768 g/mol. The summed E-state index contributed by atoms with van der Waals surface area (Å²) in [5.41, 5.74) is 3.44. The highest BCUT2D eigenvalue weighted by Crippen LogP contribution is 2.45. The van der Waals surface area contributed by atoms with Crippen molar-refractivity contribution in [1.82, 2.24) is 24.5 Å². The van der Waals surface area contributed by atoms with Crippen LogP contribution in [0.2, 0.25) is 0 Å². The second-order valence-electron chi connectivity index (χ2n) is 13.1. The lowest BCUT2D eigenvalue weighted by atomic mass is 9.67. The lowest BCUT2D eigenvalue weighted by Crippen LogP contribution is -2.52. The third kappa shape index (κ3) is 11.5. The minimum atomic E-state index is -4.63. The number of nitrogens with zero attached hydrogens (tertiary/aromatic N) is 3. The third-order valence-corrected chi connectivity index (χ3v) is 9.84. The van der Waals surface area contributed by atoms with E-state index in [1.54, 1.807) is 11.9 Å². The number of likely N-dealkylation sites (tertiary alicyclic amines) is 1. The molecule has 1 amide bonds. The van der Waals surface area contributed by atoms with E-state index in [1.807, 2.05) is 67.9 Å². The number of piperidine rings is 1. The first kappa shape index (κ1) is 43.3. The summed E-state index contributed by atoms with van der Waals surface area (Å²) in [6.45, 7) is 4.91. The van der Waals surface area contributed by atoms with Gasteiger partial charge in [0.05, 0.1) is 28.8 Å². The Bertz CT molecular complexity index is 1770. The number of nitrogens with one attached hydrogen (secondary N) is 2. The quantitative estimate of drug-likeness (QED) is 0.0834. The van der Waals surface area contributed by atoms with Crippen LogP contribution in [0.25, 0.3) is 22.2 Å². The Morgan fingerprint density at radius 3 is 2.28 bits per heavy atom. The summed E-state index contributed by atoms with van der Waals surface area (Å²) in [6.07, 6.45) is -1.18. The van der Waals surface area contributed by atoms with Crippen LogP contribution < -0.4 is 10.0 Å². The van der Waals surface area contributed by atoms with E-state index >= 15 is 0 Å². The fourth-order valence-electron chi connectivity index (χ4n) is 7.08. The van der Waals surface area contributed by atoms with Gasteiger partial charge in [0.2, 0.25) is 5.91 Å². The number of carboxylic acid groups (broad SMARTS) is 1. The van der Waals surface area contributed by atoms with Gasteiger partial charge < -0.3 is 15.0 Å². The van der Waals surface area contributed by atoms with Gasteiger partial charge in [0.15, 0.2) is 0 Å². The number of hydrogen-bond acceptors (Lipinski definition) is 6. The van der Waals surface area contributed by atoms with E-state index in [2.05, 4.69) is 27.8 Å². The Morgan fingerprint density at radius 1 is 1.09 bits per heavy atom. The van der Waals surface area contributed by atoms with Gasteiger partial charge in [-0.1, -0.05) is 56.1 Å². The summed E-state index contributed by atoms with van der Waals surface area (Å²) in [7, 11) is 3.71. The number of carbonyl (C=O) groups is 2. The van der Waals surface area contributed by atoms with E-state index in [0.29, 0.717) is 25.5 Å². The first-order valence-corrected chi connectivity index (χ1v) is 17.6. The van der Waals surface area contributed by atoms with Crippen molar-refractivity contribution in [3.63, 3.8) is 0 Å². The Hall–Kier alpha value is -4.08. The molecule has 3 N–H and O–H groups in total. The van der Waals surface area contributed by atoms with E-state index in [-0.39, 0.29) is 43.5 Å². The molecule has 53 heavy (non-hydrogen) atoms. The number of amides is 1. The van der Waals surface area contributed by atoms with Crippen molar-refractivity contribution < 1.29 is 41.0 Å². The van der Waals surface area contributed by atoms with E-state index in [4.69, 9.17) is 9.90 Å². The zero-order chi connectivity index (χ0) is 39.5. The minimum absolute atomic E-state index is 0.0497. The number of carbonyl (C=O) groups excluding carboxylic acids is 1. The molecule has 1 aliphatic carbocycles. The lowest BCUT2D eigenvalue weighted by molar-refractivity contribution is -0.129. The fraction of sp³-hybridized carbons (Fsp3) is 0.447. The maximum Gasteiger partial charge on any atom is 0.416 e. The summed E-state index contributed by atoms with van der Waals surface area (Å²) in [5.74, 6) is -3.62. The number of aromatic nitrogens is 2. The Kier molecular flexibility index (Phi) is 15.8. The van der Waals surface area contributed by atoms with Crippen molar-refractivity contribution in [2.45, 2.75) is 70.5 Å². The molecule has 0 spiro atoms.